The van der Waals surface area contributed by atoms with Crippen LogP contribution in [0.2, 0.25) is 0 Å². The smallest absolute Gasteiger partial charge is 0 e. The van der Waals surface area contributed by atoms with E-state index in [-0.39, 0.29) is 6.90 Å². The highest BCUT2D eigenvalue weighted by Crippen LogP contribution is 2.50. The molecule has 0 aromatic carbocycles. The zero-order valence-corrected chi connectivity index (χ0v) is 24.8. The molecule has 36 heavy (non-hydrogen) atoms. The van der Waals surface area contributed by atoms with Gasteiger partial charge in [0.25, 0.3) is 0 Å². The Bertz CT molecular complexity index is 707. The fourth-order valence-electron chi connectivity index (χ4n) is 8.84. The summed E-state index contributed by atoms with van der Waals surface area (Å²) in [6.45, 7) is 12.3. The lowest BCUT2D eigenvalue weighted by Crippen LogP contribution is -2.36. The Labute approximate surface area is 227 Å². The van der Waals surface area contributed by atoms with Crippen molar-refractivity contribution in [3.8, 4) is 0 Å². The SMILES string of the molecule is CCCCCCCC1CC2=CC(CC[C@H]3CCCC(C)[C@H]3C3CCC(C(C)(C)C)CC3)=C[CH][C@H]2C1.O.[HH]. The van der Waals surface area contributed by atoms with Gasteiger partial charge in [0.1, 0.15) is 0 Å². The van der Waals surface area contributed by atoms with Gasteiger partial charge < -0.3 is 5.48 Å². The van der Waals surface area contributed by atoms with E-state index in [1.165, 1.54) is 109 Å². The molecule has 209 valence electrons. The average Bonchev–Trinajstić information content (AvgIpc) is 3.24. The maximum Gasteiger partial charge on any atom is 0 e. The molecule has 0 bridgehead atoms. The number of allylic oxidation sites excluding steroid dienone is 4. The fraction of sp³-hybridized carbons (Fsp3) is 0.857. The van der Waals surface area contributed by atoms with E-state index >= 15 is 0 Å². The summed E-state index contributed by atoms with van der Waals surface area (Å²) in [5.41, 5.74) is 3.95. The molecule has 4 aliphatic rings. The normalized spacial score (nSPS) is 35.0. The Morgan fingerprint density at radius 2 is 1.67 bits per heavy atom. The molecular weight excluding hydrogens is 436 g/mol. The van der Waals surface area contributed by atoms with E-state index in [1.807, 2.05) is 0 Å². The van der Waals surface area contributed by atoms with Crippen molar-refractivity contribution in [1.29, 1.82) is 0 Å². The zero-order chi connectivity index (χ0) is 24.8. The van der Waals surface area contributed by atoms with Crippen molar-refractivity contribution < 1.29 is 6.90 Å². The first kappa shape index (κ1) is 30.0. The van der Waals surface area contributed by atoms with E-state index in [4.69, 9.17) is 0 Å². The molecule has 0 aromatic heterocycles. The van der Waals surface area contributed by atoms with Crippen LogP contribution in [0.5, 0.6) is 0 Å². The van der Waals surface area contributed by atoms with Crippen LogP contribution in [0.3, 0.4) is 0 Å². The van der Waals surface area contributed by atoms with E-state index in [1.54, 1.807) is 11.1 Å². The van der Waals surface area contributed by atoms with Crippen LogP contribution in [-0.4, -0.2) is 5.48 Å². The number of fused-ring (bicyclic) bond motifs is 1. The lowest BCUT2D eigenvalue weighted by Gasteiger charge is -2.46. The molecule has 0 saturated heterocycles. The highest BCUT2D eigenvalue weighted by molar-refractivity contribution is 5.37. The molecule has 2 unspecified atom stereocenters. The Kier molecular flexibility index (Phi) is 11.7. The van der Waals surface area contributed by atoms with E-state index in [9.17, 15) is 0 Å². The molecule has 4 aliphatic carbocycles. The van der Waals surface area contributed by atoms with E-state index in [2.05, 4.69) is 53.2 Å². The zero-order valence-electron chi connectivity index (χ0n) is 24.8. The minimum atomic E-state index is 0. The summed E-state index contributed by atoms with van der Waals surface area (Å²) < 4.78 is 0. The van der Waals surface area contributed by atoms with Crippen molar-refractivity contribution >= 4 is 0 Å². The highest BCUT2D eigenvalue weighted by Gasteiger charge is 2.39. The first-order valence-electron chi connectivity index (χ1n) is 16.1. The Morgan fingerprint density at radius 3 is 2.39 bits per heavy atom. The molecule has 5 atom stereocenters. The van der Waals surface area contributed by atoms with Gasteiger partial charge in [-0.15, -0.1) is 0 Å². The molecule has 1 nitrogen and oxygen atoms in total. The molecule has 0 spiro atoms. The third-order valence-corrected chi connectivity index (χ3v) is 11.0. The van der Waals surface area contributed by atoms with Crippen LogP contribution in [0.25, 0.3) is 0 Å². The largest absolute Gasteiger partial charge is 0.412 e. The molecule has 0 aromatic rings. The summed E-state index contributed by atoms with van der Waals surface area (Å²) in [5.74, 6) is 6.63. The van der Waals surface area contributed by atoms with E-state index in [0.29, 0.717) is 5.41 Å². The van der Waals surface area contributed by atoms with Gasteiger partial charge in [0.15, 0.2) is 0 Å². The van der Waals surface area contributed by atoms with Crippen molar-refractivity contribution in [2.45, 2.75) is 144 Å². The molecule has 3 saturated carbocycles. The molecule has 3 fully saturated rings. The maximum absolute atomic E-state index is 2.66. The third kappa shape index (κ3) is 7.97. The van der Waals surface area contributed by atoms with Crippen LogP contribution in [-0.2, 0) is 0 Å². The average molecular weight is 500 g/mol. The van der Waals surface area contributed by atoms with Crippen LogP contribution < -0.4 is 0 Å². The van der Waals surface area contributed by atoms with Crippen molar-refractivity contribution in [2.75, 3.05) is 0 Å². The minimum Gasteiger partial charge on any atom is -0.412 e. The van der Waals surface area contributed by atoms with Crippen LogP contribution in [0.1, 0.15) is 145 Å². The number of rotatable bonds is 10. The first-order chi connectivity index (χ1) is 16.8. The van der Waals surface area contributed by atoms with E-state index in [0.717, 1.165) is 41.4 Å². The van der Waals surface area contributed by atoms with Crippen LogP contribution in [0.4, 0.5) is 0 Å². The van der Waals surface area contributed by atoms with E-state index < -0.39 is 0 Å². The van der Waals surface area contributed by atoms with Crippen molar-refractivity contribution in [3.63, 3.8) is 0 Å². The van der Waals surface area contributed by atoms with Crippen molar-refractivity contribution in [3.05, 3.63) is 29.7 Å². The molecule has 2 N–H and O–H groups in total. The summed E-state index contributed by atoms with van der Waals surface area (Å²) >= 11 is 0. The summed E-state index contributed by atoms with van der Waals surface area (Å²) in [7, 11) is 0. The second-order valence-corrected chi connectivity index (χ2v) is 14.5. The molecular formula is C35H63O. The van der Waals surface area contributed by atoms with Gasteiger partial charge in [-0.3, -0.25) is 0 Å². The lowest BCUT2D eigenvalue weighted by atomic mass is 9.59. The quantitative estimate of drug-likeness (QED) is 0.268. The predicted molar refractivity (Wildman–Crippen MR) is 160 cm³/mol. The maximum atomic E-state index is 2.66. The van der Waals surface area contributed by atoms with Gasteiger partial charge in [0, 0.05) is 1.43 Å². The van der Waals surface area contributed by atoms with Crippen LogP contribution in [0.15, 0.2) is 23.3 Å². The highest BCUT2D eigenvalue weighted by atomic mass is 16.0. The summed E-state index contributed by atoms with van der Waals surface area (Å²) in [4.78, 5) is 0. The topological polar surface area (TPSA) is 31.5 Å². The standard InChI is InChI=1S/C35H59.H2O.H2/c1-6-7-8-9-10-13-28-24-31-18-16-27(23-32(31)25-28)15-17-29-14-11-12-26(2)34(29)30-19-21-33(22-20-30)35(3,4)5;;/h16,18,23,26,28-31,33-34H,6-15,17,19-22,24-25H2,1-5H3;1H2;1H/t26?,28?,29-,30?,31+,33?,34-;;/m1../s1. The monoisotopic (exact) mass is 499 g/mol. The molecule has 0 amide bonds. The molecule has 0 aliphatic heterocycles. The Balaban J connectivity index is 0.00000241. The summed E-state index contributed by atoms with van der Waals surface area (Å²) in [6, 6.07) is 0. The Hall–Kier alpha value is -0.560. The summed E-state index contributed by atoms with van der Waals surface area (Å²) in [5, 5.41) is 0. The van der Waals surface area contributed by atoms with Crippen LogP contribution in [0, 0.1) is 53.3 Å². The molecule has 0 heterocycles. The van der Waals surface area contributed by atoms with Gasteiger partial charge in [-0.25, -0.2) is 0 Å². The lowest BCUT2D eigenvalue weighted by molar-refractivity contribution is 0.0450. The molecule has 4 rings (SSSR count). The van der Waals surface area contributed by atoms with Crippen molar-refractivity contribution in [1.82, 2.24) is 0 Å². The fourth-order valence-corrected chi connectivity index (χ4v) is 8.84. The number of hydrogen-bond donors (Lipinski definition) is 0. The Morgan fingerprint density at radius 1 is 0.917 bits per heavy atom. The van der Waals surface area contributed by atoms with Gasteiger partial charge in [0.05, 0.1) is 0 Å². The van der Waals surface area contributed by atoms with Gasteiger partial charge in [0.2, 0.25) is 0 Å². The van der Waals surface area contributed by atoms with Gasteiger partial charge in [-0.05, 0) is 105 Å². The second kappa shape index (κ2) is 14.0. The van der Waals surface area contributed by atoms with Gasteiger partial charge >= 0.3 is 0 Å². The van der Waals surface area contributed by atoms with Crippen molar-refractivity contribution in [2.24, 2.45) is 46.8 Å². The molecule has 1 heteroatoms. The third-order valence-electron chi connectivity index (χ3n) is 11.0. The number of unbranched alkanes of at least 4 members (excludes halogenated alkanes) is 4. The minimum absolute atomic E-state index is 0. The number of hydrogen-bond acceptors (Lipinski definition) is 0. The predicted octanol–water partition coefficient (Wildman–Crippen LogP) is 10.6. The molecule has 1 radical (unpaired) electrons. The van der Waals surface area contributed by atoms with Crippen LogP contribution >= 0.6 is 0 Å². The first-order valence-corrected chi connectivity index (χ1v) is 16.1. The van der Waals surface area contributed by atoms with Gasteiger partial charge in [-0.2, -0.15) is 0 Å². The summed E-state index contributed by atoms with van der Waals surface area (Å²) in [6.07, 6.45) is 32.5. The van der Waals surface area contributed by atoms with Gasteiger partial charge in [-0.1, -0.05) is 116 Å². The second-order valence-electron chi connectivity index (χ2n) is 14.5.